The third-order valence-electron chi connectivity index (χ3n) is 3.48. The lowest BCUT2D eigenvalue weighted by atomic mass is 10.1. The molecule has 1 unspecified atom stereocenters. The largest absolute Gasteiger partial charge is 0.465 e. The first-order valence-corrected chi connectivity index (χ1v) is 7.57. The summed E-state index contributed by atoms with van der Waals surface area (Å²) in [6.07, 6.45) is 0.342. The SMILES string of the molecule is Cc1ccc(C(CNC(=O)Cc2ccc(Cl)cc2)N(C)C)o1. The van der Waals surface area contributed by atoms with Crippen molar-refractivity contribution < 1.29 is 9.21 Å². The molecule has 0 fully saturated rings. The molecular weight excluding hydrogens is 300 g/mol. The summed E-state index contributed by atoms with van der Waals surface area (Å²) in [5.41, 5.74) is 0.942. The molecule has 4 nitrogen and oxygen atoms in total. The molecule has 5 heteroatoms. The number of carbonyl (C=O) groups is 1. The van der Waals surface area contributed by atoms with Crippen LogP contribution in [0.25, 0.3) is 0 Å². The van der Waals surface area contributed by atoms with E-state index >= 15 is 0 Å². The molecule has 0 bridgehead atoms. The average Bonchev–Trinajstić information content (AvgIpc) is 2.87. The topological polar surface area (TPSA) is 45.5 Å². The first kappa shape index (κ1) is 16.6. The van der Waals surface area contributed by atoms with E-state index < -0.39 is 0 Å². The van der Waals surface area contributed by atoms with E-state index in [2.05, 4.69) is 5.32 Å². The number of aryl methyl sites for hydroxylation is 1. The van der Waals surface area contributed by atoms with E-state index in [1.807, 2.05) is 50.2 Å². The van der Waals surface area contributed by atoms with Gasteiger partial charge in [-0.3, -0.25) is 9.69 Å². The summed E-state index contributed by atoms with van der Waals surface area (Å²) in [7, 11) is 3.93. The van der Waals surface area contributed by atoms with Gasteiger partial charge in [0.05, 0.1) is 12.5 Å². The van der Waals surface area contributed by atoms with E-state index in [4.69, 9.17) is 16.0 Å². The molecule has 1 heterocycles. The van der Waals surface area contributed by atoms with Gasteiger partial charge in [0.25, 0.3) is 0 Å². The highest BCUT2D eigenvalue weighted by Crippen LogP contribution is 2.20. The van der Waals surface area contributed by atoms with Gasteiger partial charge in [-0.25, -0.2) is 0 Å². The van der Waals surface area contributed by atoms with Gasteiger partial charge in [-0.15, -0.1) is 0 Å². The fourth-order valence-electron chi connectivity index (χ4n) is 2.23. The summed E-state index contributed by atoms with van der Waals surface area (Å²) in [6.45, 7) is 2.42. The van der Waals surface area contributed by atoms with Crippen molar-refractivity contribution in [1.29, 1.82) is 0 Å². The average molecular weight is 321 g/mol. The third kappa shape index (κ3) is 4.61. The number of rotatable bonds is 6. The van der Waals surface area contributed by atoms with Gasteiger partial charge < -0.3 is 9.73 Å². The number of benzene rings is 1. The highest BCUT2D eigenvalue weighted by molar-refractivity contribution is 6.30. The van der Waals surface area contributed by atoms with Crippen molar-refractivity contribution in [2.75, 3.05) is 20.6 Å². The highest BCUT2D eigenvalue weighted by atomic mass is 35.5. The predicted octanol–water partition coefficient (Wildman–Crippen LogP) is 3.20. The summed E-state index contributed by atoms with van der Waals surface area (Å²) in [6, 6.07) is 11.2. The van der Waals surface area contributed by atoms with Gasteiger partial charge in [-0.1, -0.05) is 23.7 Å². The Balaban J connectivity index is 1.92. The fraction of sp³-hybridized carbons (Fsp3) is 0.353. The van der Waals surface area contributed by atoms with Crippen LogP contribution in [0.1, 0.15) is 23.1 Å². The van der Waals surface area contributed by atoms with Crippen molar-refractivity contribution in [2.45, 2.75) is 19.4 Å². The van der Waals surface area contributed by atoms with Crippen LogP contribution >= 0.6 is 11.6 Å². The molecule has 0 saturated heterocycles. The normalized spacial score (nSPS) is 12.4. The van der Waals surface area contributed by atoms with Crippen LogP contribution in [0.4, 0.5) is 0 Å². The lowest BCUT2D eigenvalue weighted by Crippen LogP contribution is -2.35. The molecule has 1 N–H and O–H groups in total. The summed E-state index contributed by atoms with van der Waals surface area (Å²) in [5, 5.41) is 3.63. The van der Waals surface area contributed by atoms with Gasteiger partial charge in [-0.05, 0) is 50.8 Å². The summed E-state index contributed by atoms with van der Waals surface area (Å²) in [5.74, 6) is 1.71. The Morgan fingerprint density at radius 3 is 2.45 bits per heavy atom. The second-order valence-electron chi connectivity index (χ2n) is 5.54. The molecule has 1 atom stereocenters. The number of amides is 1. The standard InChI is InChI=1S/C17H21ClN2O2/c1-12-4-9-16(22-12)15(20(2)3)11-19-17(21)10-13-5-7-14(18)8-6-13/h4-9,15H,10-11H2,1-3H3,(H,19,21). The van der Waals surface area contributed by atoms with Crippen LogP contribution in [0.15, 0.2) is 40.8 Å². The second-order valence-corrected chi connectivity index (χ2v) is 5.97. The van der Waals surface area contributed by atoms with Gasteiger partial charge in [0.15, 0.2) is 0 Å². The van der Waals surface area contributed by atoms with E-state index in [0.717, 1.165) is 17.1 Å². The molecule has 0 aliphatic rings. The minimum atomic E-state index is -0.0162. The Bertz CT molecular complexity index is 620. The molecule has 0 saturated carbocycles. The number of carbonyl (C=O) groups excluding carboxylic acids is 1. The molecule has 0 aliphatic carbocycles. The first-order chi connectivity index (χ1) is 10.5. The molecule has 1 aromatic heterocycles. The zero-order valence-electron chi connectivity index (χ0n) is 13.1. The molecule has 0 radical (unpaired) electrons. The van der Waals surface area contributed by atoms with Crippen molar-refractivity contribution in [1.82, 2.24) is 10.2 Å². The van der Waals surface area contributed by atoms with Crippen LogP contribution in [0.5, 0.6) is 0 Å². The first-order valence-electron chi connectivity index (χ1n) is 7.19. The molecule has 2 rings (SSSR count). The van der Waals surface area contributed by atoms with Crippen LogP contribution in [0.3, 0.4) is 0 Å². The van der Waals surface area contributed by atoms with Crippen LogP contribution < -0.4 is 5.32 Å². The minimum Gasteiger partial charge on any atom is -0.465 e. The number of likely N-dealkylation sites (N-methyl/N-ethyl adjacent to an activating group) is 1. The zero-order valence-corrected chi connectivity index (χ0v) is 13.9. The predicted molar refractivity (Wildman–Crippen MR) is 88.0 cm³/mol. The van der Waals surface area contributed by atoms with Crippen LogP contribution in [-0.4, -0.2) is 31.4 Å². The van der Waals surface area contributed by atoms with Gasteiger partial charge in [-0.2, -0.15) is 0 Å². The molecule has 22 heavy (non-hydrogen) atoms. The minimum absolute atomic E-state index is 0.0162. The Kier molecular flexibility index (Phi) is 5.63. The Hall–Kier alpha value is -1.78. The van der Waals surface area contributed by atoms with Gasteiger partial charge in [0.2, 0.25) is 5.91 Å². The van der Waals surface area contributed by atoms with E-state index in [9.17, 15) is 4.79 Å². The maximum absolute atomic E-state index is 12.1. The van der Waals surface area contributed by atoms with Crippen molar-refractivity contribution in [3.8, 4) is 0 Å². The smallest absolute Gasteiger partial charge is 0.224 e. The van der Waals surface area contributed by atoms with Crippen molar-refractivity contribution >= 4 is 17.5 Å². The van der Waals surface area contributed by atoms with Gasteiger partial charge in [0, 0.05) is 11.6 Å². The zero-order chi connectivity index (χ0) is 16.1. The monoisotopic (exact) mass is 320 g/mol. The Morgan fingerprint density at radius 2 is 1.91 bits per heavy atom. The molecule has 1 amide bonds. The van der Waals surface area contributed by atoms with Crippen LogP contribution in [0, 0.1) is 6.92 Å². The fourth-order valence-corrected chi connectivity index (χ4v) is 2.36. The van der Waals surface area contributed by atoms with Crippen molar-refractivity contribution in [3.05, 3.63) is 58.5 Å². The second kappa shape index (κ2) is 7.47. The molecule has 0 spiro atoms. The maximum atomic E-state index is 12.1. The van der Waals surface area contributed by atoms with E-state index in [-0.39, 0.29) is 11.9 Å². The third-order valence-corrected chi connectivity index (χ3v) is 3.74. The van der Waals surface area contributed by atoms with E-state index in [1.165, 1.54) is 0 Å². The maximum Gasteiger partial charge on any atom is 0.224 e. The van der Waals surface area contributed by atoms with Crippen molar-refractivity contribution in [2.24, 2.45) is 0 Å². The highest BCUT2D eigenvalue weighted by Gasteiger charge is 2.18. The summed E-state index contributed by atoms with van der Waals surface area (Å²) in [4.78, 5) is 14.1. The van der Waals surface area contributed by atoms with E-state index in [1.54, 1.807) is 12.1 Å². The lowest BCUT2D eigenvalue weighted by Gasteiger charge is -2.22. The molecule has 1 aromatic carbocycles. The number of hydrogen-bond acceptors (Lipinski definition) is 3. The van der Waals surface area contributed by atoms with Gasteiger partial charge >= 0.3 is 0 Å². The van der Waals surface area contributed by atoms with Crippen LogP contribution in [-0.2, 0) is 11.2 Å². The summed E-state index contributed by atoms with van der Waals surface area (Å²) >= 11 is 5.84. The number of furan rings is 1. The Labute approximate surface area is 136 Å². The summed E-state index contributed by atoms with van der Waals surface area (Å²) < 4.78 is 5.66. The Morgan fingerprint density at radius 1 is 1.23 bits per heavy atom. The number of halogens is 1. The number of nitrogens with one attached hydrogen (secondary N) is 1. The molecule has 2 aromatic rings. The lowest BCUT2D eigenvalue weighted by molar-refractivity contribution is -0.120. The van der Waals surface area contributed by atoms with Gasteiger partial charge in [0.1, 0.15) is 11.5 Å². The number of hydrogen-bond donors (Lipinski definition) is 1. The molecule has 118 valence electrons. The van der Waals surface area contributed by atoms with Crippen molar-refractivity contribution in [3.63, 3.8) is 0 Å². The molecular formula is C17H21ClN2O2. The van der Waals surface area contributed by atoms with E-state index in [0.29, 0.717) is 18.0 Å². The quantitative estimate of drug-likeness (QED) is 0.889. The number of nitrogens with zero attached hydrogens (tertiary/aromatic N) is 1. The van der Waals surface area contributed by atoms with Crippen LogP contribution in [0.2, 0.25) is 5.02 Å². The molecule has 0 aliphatic heterocycles.